The van der Waals surface area contributed by atoms with E-state index in [4.69, 9.17) is 9.47 Å². The Morgan fingerprint density at radius 2 is 1.77 bits per heavy atom. The first-order chi connectivity index (χ1) is 12.6. The summed E-state index contributed by atoms with van der Waals surface area (Å²) in [7, 11) is 1.60. The summed E-state index contributed by atoms with van der Waals surface area (Å²) in [5.41, 5.74) is 2.55. The number of benzene rings is 2. The number of ether oxygens (including phenoxy) is 2. The summed E-state index contributed by atoms with van der Waals surface area (Å²) >= 11 is 0. The van der Waals surface area contributed by atoms with Gasteiger partial charge in [-0.3, -0.25) is 0 Å². The number of allylic oxidation sites excluding steroid dienone is 1. The van der Waals surface area contributed by atoms with Gasteiger partial charge in [0.25, 0.3) is 0 Å². The van der Waals surface area contributed by atoms with Crippen molar-refractivity contribution in [3.63, 3.8) is 0 Å². The van der Waals surface area contributed by atoms with E-state index in [-0.39, 0.29) is 12.6 Å². The van der Waals surface area contributed by atoms with Crippen LogP contribution in [0.4, 0.5) is 4.79 Å². The highest BCUT2D eigenvalue weighted by Crippen LogP contribution is 2.27. The maximum Gasteiger partial charge on any atom is 0.338 e. The lowest BCUT2D eigenvalue weighted by Gasteiger charge is -2.28. The largest absolute Gasteiger partial charge is 0.497 e. The number of rotatable bonds is 5. The van der Waals surface area contributed by atoms with Gasteiger partial charge in [0.15, 0.2) is 0 Å². The van der Waals surface area contributed by atoms with Gasteiger partial charge in [-0.1, -0.05) is 42.5 Å². The molecule has 0 radical (unpaired) electrons. The van der Waals surface area contributed by atoms with E-state index >= 15 is 0 Å². The minimum Gasteiger partial charge on any atom is -0.497 e. The third-order valence-electron chi connectivity index (χ3n) is 4.15. The highest BCUT2D eigenvalue weighted by Gasteiger charge is 2.32. The molecule has 0 aromatic heterocycles. The Labute approximate surface area is 151 Å². The fourth-order valence-electron chi connectivity index (χ4n) is 2.81. The molecule has 2 N–H and O–H groups in total. The lowest BCUT2D eigenvalue weighted by molar-refractivity contribution is -0.140. The molecule has 1 aliphatic rings. The summed E-state index contributed by atoms with van der Waals surface area (Å²) in [5, 5.41) is 5.42. The molecule has 6 nitrogen and oxygen atoms in total. The Hall–Kier alpha value is -3.28. The molecule has 0 saturated heterocycles. The number of urea groups is 1. The van der Waals surface area contributed by atoms with Gasteiger partial charge >= 0.3 is 12.0 Å². The Morgan fingerprint density at radius 1 is 1.08 bits per heavy atom. The van der Waals surface area contributed by atoms with E-state index < -0.39 is 12.0 Å². The zero-order valence-electron chi connectivity index (χ0n) is 14.6. The molecule has 0 fully saturated rings. The van der Waals surface area contributed by atoms with Crippen LogP contribution >= 0.6 is 0 Å². The second kappa shape index (κ2) is 7.74. The summed E-state index contributed by atoms with van der Waals surface area (Å²) in [6.07, 6.45) is 0. The Balaban J connectivity index is 1.78. The number of nitrogens with one attached hydrogen (secondary N) is 2. The number of methoxy groups -OCH3 is 1. The Morgan fingerprint density at radius 3 is 2.42 bits per heavy atom. The molecule has 0 aliphatic carbocycles. The molecule has 2 amide bonds. The van der Waals surface area contributed by atoms with E-state index in [1.807, 2.05) is 54.6 Å². The number of hydrogen-bond donors (Lipinski definition) is 2. The van der Waals surface area contributed by atoms with Crippen molar-refractivity contribution in [2.24, 2.45) is 0 Å². The lowest BCUT2D eigenvalue weighted by atomic mass is 9.96. The van der Waals surface area contributed by atoms with Crippen LogP contribution in [0.1, 0.15) is 24.1 Å². The Kier molecular flexibility index (Phi) is 5.22. The average Bonchev–Trinajstić information content (AvgIpc) is 2.66. The van der Waals surface area contributed by atoms with Crippen LogP contribution in [0.3, 0.4) is 0 Å². The quantitative estimate of drug-likeness (QED) is 0.811. The van der Waals surface area contributed by atoms with Gasteiger partial charge < -0.3 is 20.1 Å². The summed E-state index contributed by atoms with van der Waals surface area (Å²) in [5.74, 6) is 0.265. The van der Waals surface area contributed by atoms with Gasteiger partial charge in [0.2, 0.25) is 0 Å². The molecule has 0 spiro atoms. The summed E-state index contributed by atoms with van der Waals surface area (Å²) in [6, 6.07) is 15.7. The maximum absolute atomic E-state index is 12.7. The zero-order valence-corrected chi connectivity index (χ0v) is 14.6. The van der Waals surface area contributed by atoms with E-state index in [9.17, 15) is 9.59 Å². The van der Waals surface area contributed by atoms with Crippen molar-refractivity contribution in [2.75, 3.05) is 7.11 Å². The summed E-state index contributed by atoms with van der Waals surface area (Å²) in [4.78, 5) is 24.5. The van der Waals surface area contributed by atoms with E-state index in [1.165, 1.54) is 0 Å². The van der Waals surface area contributed by atoms with Gasteiger partial charge in [-0.2, -0.15) is 0 Å². The highest BCUT2D eigenvalue weighted by atomic mass is 16.5. The molecule has 1 aliphatic heterocycles. The first kappa shape index (κ1) is 17.5. The first-order valence-corrected chi connectivity index (χ1v) is 8.22. The Bertz CT molecular complexity index is 829. The van der Waals surface area contributed by atoms with E-state index in [0.717, 1.165) is 16.9 Å². The van der Waals surface area contributed by atoms with Crippen LogP contribution in [0.5, 0.6) is 5.75 Å². The second-order valence-corrected chi connectivity index (χ2v) is 5.91. The van der Waals surface area contributed by atoms with Crippen LogP contribution in [0.25, 0.3) is 0 Å². The van der Waals surface area contributed by atoms with Crippen LogP contribution in [0.15, 0.2) is 65.9 Å². The van der Waals surface area contributed by atoms with E-state index in [1.54, 1.807) is 14.0 Å². The predicted octanol–water partition coefficient (Wildman–Crippen LogP) is 3.07. The van der Waals surface area contributed by atoms with Crippen molar-refractivity contribution in [3.05, 3.63) is 77.0 Å². The first-order valence-electron chi connectivity index (χ1n) is 8.22. The standard InChI is InChI=1S/C20H20N2O4/c1-13-17(18(22-20(24)21-13)15-6-4-3-5-7-15)19(23)26-12-14-8-10-16(25-2)11-9-14/h3-11,18H,12H2,1-2H3,(H2,21,22,24)/t18-/m1/s1. The molecule has 134 valence electrons. The van der Waals surface area contributed by atoms with Gasteiger partial charge in [0, 0.05) is 5.70 Å². The third kappa shape index (κ3) is 3.85. The van der Waals surface area contributed by atoms with Crippen LogP contribution < -0.4 is 15.4 Å². The van der Waals surface area contributed by atoms with Crippen LogP contribution in [-0.4, -0.2) is 19.1 Å². The summed E-state index contributed by atoms with van der Waals surface area (Å²) < 4.78 is 10.6. The molecule has 0 unspecified atom stereocenters. The average molecular weight is 352 g/mol. The number of hydrogen-bond acceptors (Lipinski definition) is 4. The monoisotopic (exact) mass is 352 g/mol. The predicted molar refractivity (Wildman–Crippen MR) is 96.3 cm³/mol. The minimum atomic E-state index is -0.548. The summed E-state index contributed by atoms with van der Waals surface area (Å²) in [6.45, 7) is 1.83. The fourth-order valence-corrected chi connectivity index (χ4v) is 2.81. The smallest absolute Gasteiger partial charge is 0.338 e. The van der Waals surface area contributed by atoms with E-state index in [0.29, 0.717) is 11.3 Å². The molecule has 26 heavy (non-hydrogen) atoms. The molecule has 0 saturated carbocycles. The van der Waals surface area contributed by atoms with Crippen LogP contribution in [0.2, 0.25) is 0 Å². The molecule has 1 atom stereocenters. The van der Waals surface area contributed by atoms with E-state index in [2.05, 4.69) is 10.6 Å². The minimum absolute atomic E-state index is 0.134. The SMILES string of the molecule is COc1ccc(COC(=O)C2=C(C)NC(=O)N[C@@H]2c2ccccc2)cc1. The molecular weight excluding hydrogens is 332 g/mol. The highest BCUT2D eigenvalue weighted by molar-refractivity contribution is 5.95. The van der Waals surface area contributed by atoms with Gasteiger partial charge in [0.05, 0.1) is 18.7 Å². The number of carbonyl (C=O) groups is 2. The molecular formula is C20H20N2O4. The normalized spacial score (nSPS) is 16.5. The van der Waals surface area contributed by atoms with Crippen LogP contribution in [0, 0.1) is 0 Å². The van der Waals surface area contributed by atoms with Crippen molar-refractivity contribution in [1.29, 1.82) is 0 Å². The molecule has 6 heteroatoms. The van der Waals surface area contributed by atoms with Gasteiger partial charge in [-0.25, -0.2) is 9.59 Å². The van der Waals surface area contributed by atoms with Gasteiger partial charge in [-0.05, 0) is 30.2 Å². The van der Waals surface area contributed by atoms with Crippen molar-refractivity contribution in [3.8, 4) is 5.75 Å². The van der Waals surface area contributed by atoms with Gasteiger partial charge in [0.1, 0.15) is 12.4 Å². The van der Waals surface area contributed by atoms with Gasteiger partial charge in [-0.15, -0.1) is 0 Å². The maximum atomic E-state index is 12.7. The van der Waals surface area contributed by atoms with Crippen molar-refractivity contribution in [1.82, 2.24) is 10.6 Å². The fraction of sp³-hybridized carbons (Fsp3) is 0.200. The molecule has 0 bridgehead atoms. The molecule has 3 rings (SSSR count). The van der Waals surface area contributed by atoms with Crippen LogP contribution in [-0.2, 0) is 16.1 Å². The lowest BCUT2D eigenvalue weighted by Crippen LogP contribution is -2.45. The molecule has 2 aromatic rings. The number of carbonyl (C=O) groups excluding carboxylic acids is 2. The molecule has 1 heterocycles. The topological polar surface area (TPSA) is 76.7 Å². The zero-order chi connectivity index (χ0) is 18.5. The van der Waals surface area contributed by atoms with Crippen molar-refractivity contribution >= 4 is 12.0 Å². The van der Waals surface area contributed by atoms with Crippen molar-refractivity contribution < 1.29 is 19.1 Å². The second-order valence-electron chi connectivity index (χ2n) is 5.91. The number of esters is 1. The van der Waals surface area contributed by atoms with Crippen molar-refractivity contribution in [2.45, 2.75) is 19.6 Å². The molecule has 2 aromatic carbocycles. The third-order valence-corrected chi connectivity index (χ3v) is 4.15. The number of amides is 2.